The normalized spacial score (nSPS) is 10.1. The van der Waals surface area contributed by atoms with Crippen LogP contribution in [0.2, 0.25) is 0 Å². The van der Waals surface area contributed by atoms with Crippen molar-refractivity contribution in [2.75, 3.05) is 11.9 Å². The lowest BCUT2D eigenvalue weighted by molar-refractivity contribution is 0.0735. The van der Waals surface area contributed by atoms with E-state index in [0.29, 0.717) is 11.3 Å². The molecule has 0 saturated heterocycles. The Morgan fingerprint density at radius 1 is 1.05 bits per heavy atom. The predicted octanol–water partition coefficient (Wildman–Crippen LogP) is 4.12. The number of carbonyl (C=O) groups excluding carboxylic acids is 1. The molecular weight excluding hydrogens is 250 g/mol. The van der Waals surface area contributed by atoms with E-state index in [2.05, 4.69) is 12.2 Å². The minimum atomic E-state index is -0.336. The fourth-order valence-electron chi connectivity index (χ4n) is 1.79. The van der Waals surface area contributed by atoms with Gasteiger partial charge in [0.2, 0.25) is 0 Å². The summed E-state index contributed by atoms with van der Waals surface area (Å²) in [5, 5.41) is 3.32. The SMILES string of the molecule is CCCCNc1ccc(OC(=O)c2ccccc2)cc1. The molecule has 2 rings (SSSR count). The second-order valence-corrected chi connectivity index (χ2v) is 4.56. The Bertz CT molecular complexity index is 535. The van der Waals surface area contributed by atoms with Crippen LogP contribution in [0.3, 0.4) is 0 Å². The van der Waals surface area contributed by atoms with Crippen molar-refractivity contribution in [2.45, 2.75) is 19.8 Å². The summed E-state index contributed by atoms with van der Waals surface area (Å²) in [5.41, 5.74) is 1.59. The number of esters is 1. The smallest absolute Gasteiger partial charge is 0.343 e. The second-order valence-electron chi connectivity index (χ2n) is 4.56. The number of anilines is 1. The van der Waals surface area contributed by atoms with Crippen molar-refractivity contribution in [1.29, 1.82) is 0 Å². The molecule has 2 aromatic rings. The van der Waals surface area contributed by atoms with E-state index in [0.717, 1.165) is 18.7 Å². The molecule has 0 atom stereocenters. The van der Waals surface area contributed by atoms with Gasteiger partial charge < -0.3 is 10.1 Å². The van der Waals surface area contributed by atoms with E-state index in [1.165, 1.54) is 6.42 Å². The van der Waals surface area contributed by atoms with E-state index in [9.17, 15) is 4.79 Å². The quantitative estimate of drug-likeness (QED) is 0.487. The van der Waals surface area contributed by atoms with E-state index in [4.69, 9.17) is 4.74 Å². The third-order valence-corrected chi connectivity index (χ3v) is 2.93. The molecule has 104 valence electrons. The Morgan fingerprint density at radius 2 is 1.75 bits per heavy atom. The number of carbonyl (C=O) groups is 1. The lowest BCUT2D eigenvalue weighted by Gasteiger charge is -2.07. The maximum absolute atomic E-state index is 11.9. The third-order valence-electron chi connectivity index (χ3n) is 2.93. The summed E-state index contributed by atoms with van der Waals surface area (Å²) in [6.45, 7) is 3.12. The van der Waals surface area contributed by atoms with Gasteiger partial charge in [-0.05, 0) is 42.8 Å². The molecule has 0 unspecified atom stereocenters. The molecular formula is C17H19NO2. The van der Waals surface area contributed by atoms with Crippen LogP contribution in [0.4, 0.5) is 5.69 Å². The standard InChI is InChI=1S/C17H19NO2/c1-2-3-13-18-15-9-11-16(12-10-15)20-17(19)14-7-5-4-6-8-14/h4-12,18H,2-3,13H2,1H3. The molecule has 3 nitrogen and oxygen atoms in total. The molecule has 0 radical (unpaired) electrons. The fourth-order valence-corrected chi connectivity index (χ4v) is 1.79. The Kier molecular flexibility index (Phi) is 5.18. The number of hydrogen-bond donors (Lipinski definition) is 1. The van der Waals surface area contributed by atoms with E-state index in [1.54, 1.807) is 24.3 Å². The zero-order valence-electron chi connectivity index (χ0n) is 11.6. The van der Waals surface area contributed by atoms with Crippen LogP contribution in [0.15, 0.2) is 54.6 Å². The van der Waals surface area contributed by atoms with Crippen molar-refractivity contribution < 1.29 is 9.53 Å². The number of hydrogen-bond acceptors (Lipinski definition) is 3. The summed E-state index contributed by atoms with van der Waals surface area (Å²) in [7, 11) is 0. The lowest BCUT2D eigenvalue weighted by atomic mass is 10.2. The average Bonchev–Trinajstić information content (AvgIpc) is 2.50. The molecule has 0 aliphatic carbocycles. The molecule has 0 aliphatic rings. The third kappa shape index (κ3) is 4.12. The first-order valence-electron chi connectivity index (χ1n) is 6.91. The van der Waals surface area contributed by atoms with E-state index >= 15 is 0 Å². The van der Waals surface area contributed by atoms with Crippen LogP contribution in [0, 0.1) is 0 Å². The molecule has 0 amide bonds. The number of nitrogens with one attached hydrogen (secondary N) is 1. The van der Waals surface area contributed by atoms with Crippen LogP contribution in [-0.4, -0.2) is 12.5 Å². The summed E-state index contributed by atoms with van der Waals surface area (Å²) in [6.07, 6.45) is 2.31. The molecule has 0 heterocycles. The highest BCUT2D eigenvalue weighted by molar-refractivity contribution is 5.90. The van der Waals surface area contributed by atoms with E-state index in [1.807, 2.05) is 30.3 Å². The molecule has 0 aliphatic heterocycles. The van der Waals surface area contributed by atoms with Gasteiger partial charge in [-0.2, -0.15) is 0 Å². The van der Waals surface area contributed by atoms with Crippen molar-refractivity contribution in [1.82, 2.24) is 0 Å². The van der Waals surface area contributed by atoms with Gasteiger partial charge in [0, 0.05) is 12.2 Å². The van der Waals surface area contributed by atoms with Gasteiger partial charge in [-0.25, -0.2) is 4.79 Å². The van der Waals surface area contributed by atoms with Crippen molar-refractivity contribution in [3.8, 4) is 5.75 Å². The van der Waals surface area contributed by atoms with Crippen molar-refractivity contribution >= 4 is 11.7 Å². The topological polar surface area (TPSA) is 38.3 Å². The molecule has 0 aromatic heterocycles. The van der Waals surface area contributed by atoms with Gasteiger partial charge in [0.25, 0.3) is 0 Å². The Labute approximate surface area is 119 Å². The van der Waals surface area contributed by atoms with Crippen LogP contribution in [0.5, 0.6) is 5.75 Å². The van der Waals surface area contributed by atoms with Gasteiger partial charge in [-0.3, -0.25) is 0 Å². The Balaban J connectivity index is 1.92. The minimum absolute atomic E-state index is 0.336. The zero-order chi connectivity index (χ0) is 14.2. The zero-order valence-corrected chi connectivity index (χ0v) is 11.6. The second kappa shape index (κ2) is 7.34. The number of rotatable bonds is 6. The number of unbranched alkanes of at least 4 members (excludes halogenated alkanes) is 1. The van der Waals surface area contributed by atoms with E-state index < -0.39 is 0 Å². The highest BCUT2D eigenvalue weighted by atomic mass is 16.5. The van der Waals surface area contributed by atoms with Gasteiger partial charge >= 0.3 is 5.97 Å². The summed E-state index contributed by atoms with van der Waals surface area (Å²) in [6, 6.07) is 16.4. The van der Waals surface area contributed by atoms with Crippen molar-refractivity contribution in [3.05, 3.63) is 60.2 Å². The van der Waals surface area contributed by atoms with Crippen LogP contribution in [-0.2, 0) is 0 Å². The predicted molar refractivity (Wildman–Crippen MR) is 81.2 cm³/mol. The van der Waals surface area contributed by atoms with Crippen LogP contribution in [0.1, 0.15) is 30.1 Å². The number of ether oxygens (including phenoxy) is 1. The Morgan fingerprint density at radius 3 is 2.40 bits per heavy atom. The average molecular weight is 269 g/mol. The maximum atomic E-state index is 11.9. The minimum Gasteiger partial charge on any atom is -0.423 e. The van der Waals surface area contributed by atoms with Gasteiger partial charge in [0.1, 0.15) is 5.75 Å². The molecule has 0 spiro atoms. The summed E-state index contributed by atoms with van der Waals surface area (Å²) in [4.78, 5) is 11.9. The molecule has 2 aromatic carbocycles. The summed E-state index contributed by atoms with van der Waals surface area (Å²) >= 11 is 0. The first kappa shape index (κ1) is 14.1. The monoisotopic (exact) mass is 269 g/mol. The van der Waals surface area contributed by atoms with Gasteiger partial charge in [0.15, 0.2) is 0 Å². The van der Waals surface area contributed by atoms with E-state index in [-0.39, 0.29) is 5.97 Å². The van der Waals surface area contributed by atoms with Crippen molar-refractivity contribution in [2.24, 2.45) is 0 Å². The first-order chi connectivity index (χ1) is 9.79. The van der Waals surface area contributed by atoms with Crippen LogP contribution >= 0.6 is 0 Å². The fraction of sp³-hybridized carbons (Fsp3) is 0.235. The highest BCUT2D eigenvalue weighted by Crippen LogP contribution is 2.17. The largest absolute Gasteiger partial charge is 0.423 e. The maximum Gasteiger partial charge on any atom is 0.343 e. The Hall–Kier alpha value is -2.29. The highest BCUT2D eigenvalue weighted by Gasteiger charge is 2.07. The molecule has 0 fully saturated rings. The molecule has 0 bridgehead atoms. The molecule has 3 heteroatoms. The van der Waals surface area contributed by atoms with Crippen molar-refractivity contribution in [3.63, 3.8) is 0 Å². The van der Waals surface area contributed by atoms with Gasteiger partial charge in [-0.15, -0.1) is 0 Å². The van der Waals surface area contributed by atoms with Crippen LogP contribution < -0.4 is 10.1 Å². The van der Waals surface area contributed by atoms with Gasteiger partial charge in [-0.1, -0.05) is 31.5 Å². The molecule has 20 heavy (non-hydrogen) atoms. The van der Waals surface area contributed by atoms with Gasteiger partial charge in [0.05, 0.1) is 5.56 Å². The number of benzene rings is 2. The first-order valence-corrected chi connectivity index (χ1v) is 6.91. The lowest BCUT2D eigenvalue weighted by Crippen LogP contribution is -2.08. The molecule has 0 saturated carbocycles. The summed E-state index contributed by atoms with van der Waals surface area (Å²) in [5.74, 6) is 0.220. The van der Waals surface area contributed by atoms with Crippen LogP contribution in [0.25, 0.3) is 0 Å². The summed E-state index contributed by atoms with van der Waals surface area (Å²) < 4.78 is 5.31. The molecule has 1 N–H and O–H groups in total.